The van der Waals surface area contributed by atoms with E-state index in [4.69, 9.17) is 9.84 Å². The van der Waals surface area contributed by atoms with Crippen molar-refractivity contribution in [2.45, 2.75) is 13.3 Å². The monoisotopic (exact) mass is 194 g/mol. The predicted molar refractivity (Wildman–Crippen MR) is 53.5 cm³/mol. The Kier molecular flexibility index (Phi) is 3.51. The van der Waals surface area contributed by atoms with Gasteiger partial charge in [-0.05, 0) is 18.1 Å². The molecule has 1 rings (SSSR count). The largest absolute Gasteiger partial charge is 0.496 e. The topological polar surface area (TPSA) is 46.5 Å². The number of aliphatic carboxylic acids is 1. The summed E-state index contributed by atoms with van der Waals surface area (Å²) in [5.41, 5.74) is 0.935. The maximum absolute atomic E-state index is 10.7. The minimum atomic E-state index is -0.782. The first-order valence-corrected chi connectivity index (χ1v) is 4.50. The van der Waals surface area contributed by atoms with E-state index in [-0.39, 0.29) is 5.92 Å². The van der Waals surface area contributed by atoms with Gasteiger partial charge < -0.3 is 9.84 Å². The lowest BCUT2D eigenvalue weighted by molar-refractivity contribution is -0.141. The minimum Gasteiger partial charge on any atom is -0.496 e. The van der Waals surface area contributed by atoms with Crippen LogP contribution in [0.5, 0.6) is 5.75 Å². The summed E-state index contributed by atoms with van der Waals surface area (Å²) in [6.45, 7) is 1.69. The van der Waals surface area contributed by atoms with Crippen molar-refractivity contribution in [1.29, 1.82) is 0 Å². The number of carboxylic acids is 1. The second-order valence-electron chi connectivity index (χ2n) is 3.26. The molecule has 3 nitrogen and oxygen atoms in total. The number of carboxylic acid groups (broad SMARTS) is 1. The van der Waals surface area contributed by atoms with Crippen LogP contribution in [0.15, 0.2) is 24.3 Å². The summed E-state index contributed by atoms with van der Waals surface area (Å²) in [4.78, 5) is 10.7. The number of ether oxygens (including phenoxy) is 1. The first-order chi connectivity index (χ1) is 6.65. The Morgan fingerprint density at radius 3 is 2.71 bits per heavy atom. The molecule has 0 spiro atoms. The van der Waals surface area contributed by atoms with Gasteiger partial charge in [-0.15, -0.1) is 0 Å². The van der Waals surface area contributed by atoms with E-state index >= 15 is 0 Å². The number of para-hydroxylation sites is 1. The van der Waals surface area contributed by atoms with Gasteiger partial charge in [0.15, 0.2) is 0 Å². The zero-order valence-electron chi connectivity index (χ0n) is 8.36. The second-order valence-corrected chi connectivity index (χ2v) is 3.26. The van der Waals surface area contributed by atoms with Crippen molar-refractivity contribution < 1.29 is 14.6 Å². The number of carbonyl (C=O) groups is 1. The van der Waals surface area contributed by atoms with Crippen LogP contribution in [0, 0.1) is 5.92 Å². The summed E-state index contributed by atoms with van der Waals surface area (Å²) in [5.74, 6) is -0.414. The molecule has 0 aliphatic rings. The summed E-state index contributed by atoms with van der Waals surface area (Å²) in [5, 5.41) is 8.77. The van der Waals surface area contributed by atoms with E-state index in [1.807, 2.05) is 24.3 Å². The maximum atomic E-state index is 10.7. The Morgan fingerprint density at radius 1 is 1.50 bits per heavy atom. The van der Waals surface area contributed by atoms with E-state index < -0.39 is 5.97 Å². The van der Waals surface area contributed by atoms with Crippen molar-refractivity contribution in [2.24, 2.45) is 5.92 Å². The van der Waals surface area contributed by atoms with Crippen LogP contribution in [0.2, 0.25) is 0 Å². The molecule has 1 aromatic carbocycles. The van der Waals surface area contributed by atoms with Crippen molar-refractivity contribution in [3.05, 3.63) is 29.8 Å². The summed E-state index contributed by atoms with van der Waals surface area (Å²) in [6.07, 6.45) is 0.499. The SMILES string of the molecule is COc1ccccc1C[C@@H](C)C(=O)O. The lowest BCUT2D eigenvalue weighted by atomic mass is 10.0. The number of rotatable bonds is 4. The van der Waals surface area contributed by atoms with Gasteiger partial charge in [0.1, 0.15) is 5.75 Å². The molecule has 1 atom stereocenters. The molecule has 0 aromatic heterocycles. The van der Waals surface area contributed by atoms with Crippen LogP contribution in [-0.4, -0.2) is 18.2 Å². The van der Waals surface area contributed by atoms with Gasteiger partial charge >= 0.3 is 5.97 Å². The van der Waals surface area contributed by atoms with E-state index in [9.17, 15) is 4.79 Å². The van der Waals surface area contributed by atoms with Gasteiger partial charge in [0.05, 0.1) is 13.0 Å². The molecule has 0 amide bonds. The number of hydrogen-bond donors (Lipinski definition) is 1. The average molecular weight is 194 g/mol. The number of methoxy groups -OCH3 is 1. The lowest BCUT2D eigenvalue weighted by Gasteiger charge is -2.10. The Balaban J connectivity index is 2.80. The summed E-state index contributed by atoms with van der Waals surface area (Å²) in [6, 6.07) is 7.47. The molecule has 0 unspecified atom stereocenters. The highest BCUT2D eigenvalue weighted by Gasteiger charge is 2.13. The van der Waals surface area contributed by atoms with Gasteiger partial charge in [0, 0.05) is 0 Å². The van der Waals surface area contributed by atoms with Crippen molar-refractivity contribution in [1.82, 2.24) is 0 Å². The highest BCUT2D eigenvalue weighted by Crippen LogP contribution is 2.20. The molecule has 1 aromatic rings. The molecular weight excluding hydrogens is 180 g/mol. The van der Waals surface area contributed by atoms with E-state index in [1.54, 1.807) is 14.0 Å². The first kappa shape index (κ1) is 10.6. The molecule has 0 radical (unpaired) electrons. The molecule has 0 aliphatic heterocycles. The van der Waals surface area contributed by atoms with Gasteiger partial charge in [-0.25, -0.2) is 0 Å². The van der Waals surface area contributed by atoms with Crippen molar-refractivity contribution in [3.8, 4) is 5.75 Å². The quantitative estimate of drug-likeness (QED) is 0.797. The van der Waals surface area contributed by atoms with Gasteiger partial charge in [-0.3, -0.25) is 4.79 Å². The molecular formula is C11H14O3. The molecule has 0 saturated heterocycles. The molecule has 0 saturated carbocycles. The highest BCUT2D eigenvalue weighted by molar-refractivity contribution is 5.70. The van der Waals surface area contributed by atoms with Crippen LogP contribution in [0.1, 0.15) is 12.5 Å². The Hall–Kier alpha value is -1.51. The van der Waals surface area contributed by atoms with Gasteiger partial charge in [-0.1, -0.05) is 25.1 Å². The average Bonchev–Trinajstić information content (AvgIpc) is 2.18. The minimum absolute atomic E-state index is 0.383. The van der Waals surface area contributed by atoms with E-state index in [0.717, 1.165) is 11.3 Å². The highest BCUT2D eigenvalue weighted by atomic mass is 16.5. The molecule has 14 heavy (non-hydrogen) atoms. The third-order valence-corrected chi connectivity index (χ3v) is 2.14. The molecule has 0 heterocycles. The van der Waals surface area contributed by atoms with E-state index in [1.165, 1.54) is 0 Å². The Morgan fingerprint density at radius 2 is 2.14 bits per heavy atom. The van der Waals surface area contributed by atoms with Crippen LogP contribution in [0.3, 0.4) is 0 Å². The Labute approximate surface area is 83.3 Å². The fourth-order valence-electron chi connectivity index (χ4n) is 1.29. The van der Waals surface area contributed by atoms with E-state index in [2.05, 4.69) is 0 Å². The number of benzene rings is 1. The van der Waals surface area contributed by atoms with Gasteiger partial charge in [-0.2, -0.15) is 0 Å². The van der Waals surface area contributed by atoms with Gasteiger partial charge in [0.2, 0.25) is 0 Å². The van der Waals surface area contributed by atoms with Crippen LogP contribution < -0.4 is 4.74 Å². The third-order valence-electron chi connectivity index (χ3n) is 2.14. The summed E-state index contributed by atoms with van der Waals surface area (Å²) < 4.78 is 5.13. The number of hydrogen-bond acceptors (Lipinski definition) is 2. The molecule has 0 bridgehead atoms. The van der Waals surface area contributed by atoms with Crippen molar-refractivity contribution in [2.75, 3.05) is 7.11 Å². The van der Waals surface area contributed by atoms with Crippen molar-refractivity contribution >= 4 is 5.97 Å². The first-order valence-electron chi connectivity index (χ1n) is 4.50. The van der Waals surface area contributed by atoms with Crippen molar-refractivity contribution in [3.63, 3.8) is 0 Å². The van der Waals surface area contributed by atoms with Crippen LogP contribution in [-0.2, 0) is 11.2 Å². The smallest absolute Gasteiger partial charge is 0.306 e. The predicted octanol–water partition coefficient (Wildman–Crippen LogP) is 1.96. The molecule has 76 valence electrons. The lowest BCUT2D eigenvalue weighted by Crippen LogP contribution is -2.12. The second kappa shape index (κ2) is 4.65. The summed E-state index contributed by atoms with van der Waals surface area (Å²) >= 11 is 0. The molecule has 1 N–H and O–H groups in total. The fraction of sp³-hybridized carbons (Fsp3) is 0.364. The zero-order chi connectivity index (χ0) is 10.6. The molecule has 0 aliphatic carbocycles. The zero-order valence-corrected chi connectivity index (χ0v) is 8.36. The molecule has 0 fully saturated rings. The van der Waals surface area contributed by atoms with Gasteiger partial charge in [0.25, 0.3) is 0 Å². The Bertz CT molecular complexity index is 320. The van der Waals surface area contributed by atoms with Crippen LogP contribution in [0.4, 0.5) is 0 Å². The van der Waals surface area contributed by atoms with Crippen LogP contribution in [0.25, 0.3) is 0 Å². The summed E-state index contributed by atoms with van der Waals surface area (Å²) in [7, 11) is 1.59. The standard InChI is InChI=1S/C11H14O3/c1-8(11(12)13)7-9-5-3-4-6-10(9)14-2/h3-6,8H,7H2,1-2H3,(H,12,13)/t8-/m1/s1. The van der Waals surface area contributed by atoms with Crippen LogP contribution >= 0.6 is 0 Å². The van der Waals surface area contributed by atoms with E-state index in [0.29, 0.717) is 6.42 Å². The maximum Gasteiger partial charge on any atom is 0.306 e. The third kappa shape index (κ3) is 2.49. The fourth-order valence-corrected chi connectivity index (χ4v) is 1.29. The normalized spacial score (nSPS) is 12.1. The molecule has 3 heteroatoms.